The second-order valence-corrected chi connectivity index (χ2v) is 3.95. The summed E-state index contributed by atoms with van der Waals surface area (Å²) in [5.41, 5.74) is 6.31. The lowest BCUT2D eigenvalue weighted by atomic mass is 10.2. The van der Waals surface area contributed by atoms with Gasteiger partial charge in [-0.1, -0.05) is 31.4 Å². The van der Waals surface area contributed by atoms with Gasteiger partial charge < -0.3 is 10.2 Å². The number of halogens is 1. The zero-order valence-corrected chi connectivity index (χ0v) is 9.79. The molecule has 2 N–H and O–H groups in total. The first-order chi connectivity index (χ1) is 7.70. The van der Waals surface area contributed by atoms with Crippen LogP contribution in [0.5, 0.6) is 0 Å². The second-order valence-electron chi connectivity index (χ2n) is 3.59. The number of nitrogens with zero attached hydrogens (tertiary/aromatic N) is 3. The molecule has 2 aromatic heterocycles. The molecule has 0 aliphatic heterocycles. The SMILES string of the molecule is CCCCCc1nc2c(Cl)nc(N)nc2o1. The van der Waals surface area contributed by atoms with Crippen molar-refractivity contribution in [2.45, 2.75) is 32.6 Å². The van der Waals surface area contributed by atoms with E-state index in [0.717, 1.165) is 25.7 Å². The third-order valence-electron chi connectivity index (χ3n) is 2.27. The minimum Gasteiger partial charge on any atom is -0.422 e. The molecule has 5 nitrogen and oxygen atoms in total. The van der Waals surface area contributed by atoms with Crippen LogP contribution in [0.4, 0.5) is 5.95 Å². The molecule has 0 bridgehead atoms. The predicted octanol–water partition coefficient (Wildman–Crippen LogP) is 2.59. The maximum absolute atomic E-state index is 5.88. The summed E-state index contributed by atoms with van der Waals surface area (Å²) >= 11 is 5.88. The molecule has 0 atom stereocenters. The van der Waals surface area contributed by atoms with Gasteiger partial charge in [-0.3, -0.25) is 0 Å². The van der Waals surface area contributed by atoms with Gasteiger partial charge in [0.1, 0.15) is 0 Å². The maximum Gasteiger partial charge on any atom is 0.253 e. The highest BCUT2D eigenvalue weighted by Gasteiger charge is 2.12. The van der Waals surface area contributed by atoms with Crippen LogP contribution in [0.3, 0.4) is 0 Å². The van der Waals surface area contributed by atoms with Gasteiger partial charge in [0.25, 0.3) is 5.71 Å². The number of aryl methyl sites for hydroxylation is 1. The number of nitrogen functional groups attached to an aromatic ring is 1. The molecule has 0 unspecified atom stereocenters. The molecule has 6 heteroatoms. The zero-order chi connectivity index (χ0) is 11.5. The maximum atomic E-state index is 5.88. The first-order valence-electron chi connectivity index (χ1n) is 5.29. The van der Waals surface area contributed by atoms with Crippen molar-refractivity contribution >= 4 is 28.8 Å². The summed E-state index contributed by atoms with van der Waals surface area (Å²) in [4.78, 5) is 12.0. The van der Waals surface area contributed by atoms with E-state index in [-0.39, 0.29) is 11.1 Å². The van der Waals surface area contributed by atoms with Gasteiger partial charge in [0.05, 0.1) is 0 Å². The van der Waals surface area contributed by atoms with Gasteiger partial charge in [-0.2, -0.15) is 9.97 Å². The van der Waals surface area contributed by atoms with Gasteiger partial charge in [-0.05, 0) is 6.42 Å². The number of rotatable bonds is 4. The van der Waals surface area contributed by atoms with Crippen molar-refractivity contribution in [3.63, 3.8) is 0 Å². The average Bonchev–Trinajstić information content (AvgIpc) is 2.61. The highest BCUT2D eigenvalue weighted by molar-refractivity contribution is 6.33. The van der Waals surface area contributed by atoms with Crippen molar-refractivity contribution in [2.24, 2.45) is 0 Å². The summed E-state index contributed by atoms with van der Waals surface area (Å²) in [7, 11) is 0. The second kappa shape index (κ2) is 4.65. The van der Waals surface area contributed by atoms with Crippen LogP contribution < -0.4 is 5.73 Å². The van der Waals surface area contributed by atoms with E-state index in [1.165, 1.54) is 0 Å². The quantitative estimate of drug-likeness (QED) is 0.657. The molecule has 0 radical (unpaired) electrons. The van der Waals surface area contributed by atoms with Crippen LogP contribution >= 0.6 is 11.6 Å². The number of unbranched alkanes of at least 4 members (excludes halogenated alkanes) is 2. The molecule has 2 rings (SSSR count). The number of aromatic nitrogens is 3. The molecule has 0 aliphatic carbocycles. The summed E-state index contributed by atoms with van der Waals surface area (Å²) in [6.45, 7) is 2.15. The van der Waals surface area contributed by atoms with Crippen molar-refractivity contribution in [3.05, 3.63) is 11.0 Å². The highest BCUT2D eigenvalue weighted by atomic mass is 35.5. The number of hydrogen-bond donors (Lipinski definition) is 1. The van der Waals surface area contributed by atoms with E-state index in [0.29, 0.717) is 17.1 Å². The first kappa shape index (κ1) is 11.1. The van der Waals surface area contributed by atoms with Gasteiger partial charge in [-0.15, -0.1) is 0 Å². The van der Waals surface area contributed by atoms with E-state index in [9.17, 15) is 0 Å². The Kier molecular flexibility index (Phi) is 3.24. The summed E-state index contributed by atoms with van der Waals surface area (Å²) < 4.78 is 5.45. The molecule has 86 valence electrons. The van der Waals surface area contributed by atoms with Gasteiger partial charge in [0.15, 0.2) is 16.6 Å². The third-order valence-corrected chi connectivity index (χ3v) is 2.54. The fourth-order valence-corrected chi connectivity index (χ4v) is 1.69. The van der Waals surface area contributed by atoms with E-state index < -0.39 is 0 Å². The fourth-order valence-electron chi connectivity index (χ4n) is 1.48. The molecule has 0 amide bonds. The monoisotopic (exact) mass is 240 g/mol. The number of nitrogens with two attached hydrogens (primary N) is 1. The Morgan fingerprint density at radius 2 is 2.06 bits per heavy atom. The Labute approximate surface area is 98.0 Å². The minimum absolute atomic E-state index is 0.105. The molecule has 16 heavy (non-hydrogen) atoms. The molecule has 0 fully saturated rings. The molecular weight excluding hydrogens is 228 g/mol. The number of anilines is 1. The standard InChI is InChI=1S/C10H13ClN4O/c1-2-3-4-5-6-13-7-8(11)14-10(12)15-9(7)16-6/h2-5H2,1H3,(H2,12,14,15). The Morgan fingerprint density at radius 3 is 2.81 bits per heavy atom. The van der Waals surface area contributed by atoms with Crippen molar-refractivity contribution in [2.75, 3.05) is 5.73 Å². The lowest BCUT2D eigenvalue weighted by molar-refractivity contribution is 0.506. The van der Waals surface area contributed by atoms with E-state index in [1.54, 1.807) is 0 Å². The molecule has 0 saturated carbocycles. The van der Waals surface area contributed by atoms with Gasteiger partial charge in [-0.25, -0.2) is 4.98 Å². The molecule has 2 heterocycles. The summed E-state index contributed by atoms with van der Waals surface area (Å²) in [6.07, 6.45) is 4.15. The lowest BCUT2D eigenvalue weighted by Gasteiger charge is -1.92. The number of oxazole rings is 1. The Hall–Kier alpha value is -1.36. The van der Waals surface area contributed by atoms with Crippen LogP contribution in [-0.2, 0) is 6.42 Å². The predicted molar refractivity (Wildman–Crippen MR) is 62.3 cm³/mol. The first-order valence-corrected chi connectivity index (χ1v) is 5.67. The van der Waals surface area contributed by atoms with Crippen LogP contribution in [0.25, 0.3) is 11.2 Å². The zero-order valence-electron chi connectivity index (χ0n) is 9.03. The average molecular weight is 241 g/mol. The van der Waals surface area contributed by atoms with E-state index in [4.69, 9.17) is 21.8 Å². The summed E-state index contributed by atoms with van der Waals surface area (Å²) in [5.74, 6) is 0.749. The smallest absolute Gasteiger partial charge is 0.253 e. The van der Waals surface area contributed by atoms with Crippen molar-refractivity contribution in [1.82, 2.24) is 15.0 Å². The molecule has 0 aromatic carbocycles. The lowest BCUT2D eigenvalue weighted by Crippen LogP contribution is -1.94. The van der Waals surface area contributed by atoms with Crippen molar-refractivity contribution in [3.8, 4) is 0 Å². The van der Waals surface area contributed by atoms with E-state index >= 15 is 0 Å². The minimum atomic E-state index is 0.105. The molecular formula is C10H13ClN4O. The largest absolute Gasteiger partial charge is 0.422 e. The fraction of sp³-hybridized carbons (Fsp3) is 0.500. The molecule has 0 saturated heterocycles. The normalized spacial score (nSPS) is 11.1. The summed E-state index contributed by atoms with van der Waals surface area (Å²) in [6, 6.07) is 0. The van der Waals surface area contributed by atoms with Crippen molar-refractivity contribution in [1.29, 1.82) is 0 Å². The molecule has 2 aromatic rings. The number of hydrogen-bond acceptors (Lipinski definition) is 5. The molecule has 0 aliphatic rings. The van der Waals surface area contributed by atoms with Crippen LogP contribution in [0.15, 0.2) is 4.42 Å². The van der Waals surface area contributed by atoms with Gasteiger partial charge >= 0.3 is 0 Å². The van der Waals surface area contributed by atoms with Crippen LogP contribution in [0.2, 0.25) is 5.15 Å². The topological polar surface area (TPSA) is 77.8 Å². The number of fused-ring (bicyclic) bond motifs is 1. The van der Waals surface area contributed by atoms with Crippen LogP contribution in [0, 0.1) is 0 Å². The summed E-state index contributed by atoms with van der Waals surface area (Å²) in [5, 5.41) is 0.244. The van der Waals surface area contributed by atoms with E-state index in [2.05, 4.69) is 21.9 Å². The van der Waals surface area contributed by atoms with Gasteiger partial charge in [0.2, 0.25) is 5.95 Å². The van der Waals surface area contributed by atoms with Crippen LogP contribution in [-0.4, -0.2) is 15.0 Å². The molecule has 0 spiro atoms. The Balaban J connectivity index is 2.26. The van der Waals surface area contributed by atoms with Gasteiger partial charge in [0, 0.05) is 6.42 Å². The Bertz CT molecular complexity index is 497. The van der Waals surface area contributed by atoms with Crippen LogP contribution in [0.1, 0.15) is 32.1 Å². The third kappa shape index (κ3) is 2.24. The van der Waals surface area contributed by atoms with E-state index in [1.807, 2.05) is 0 Å². The van der Waals surface area contributed by atoms with Crippen molar-refractivity contribution < 1.29 is 4.42 Å². The Morgan fingerprint density at radius 1 is 1.25 bits per heavy atom. The highest BCUT2D eigenvalue weighted by Crippen LogP contribution is 2.22.